The summed E-state index contributed by atoms with van der Waals surface area (Å²) in [6.45, 7) is 3.74. The Labute approximate surface area is 115 Å². The molecule has 2 aromatic rings. The molecule has 2 rings (SSSR count). The van der Waals surface area contributed by atoms with Crippen molar-refractivity contribution in [3.05, 3.63) is 39.8 Å². The number of thiophene rings is 1. The van der Waals surface area contributed by atoms with Crippen LogP contribution in [0.15, 0.2) is 23.7 Å². The Balaban J connectivity index is 2.27. The van der Waals surface area contributed by atoms with Gasteiger partial charge >= 0.3 is 5.97 Å². The molecule has 0 aliphatic carbocycles. The van der Waals surface area contributed by atoms with E-state index in [-0.39, 0.29) is 11.6 Å². The topological polar surface area (TPSA) is 66.3 Å². The lowest BCUT2D eigenvalue weighted by Crippen LogP contribution is -2.23. The highest BCUT2D eigenvalue weighted by Gasteiger charge is 2.17. The van der Waals surface area contributed by atoms with Gasteiger partial charge in [-0.3, -0.25) is 0 Å². The molecule has 100 valence electrons. The number of carbonyl (C=O) groups is 1. The molecule has 0 aromatic carbocycles. The Bertz CT molecular complexity index is 584. The molecular weight excluding hydrogens is 262 g/mol. The molecular formula is C13H15N3O2S. The van der Waals surface area contributed by atoms with Gasteiger partial charge in [0, 0.05) is 18.1 Å². The molecule has 1 N–H and O–H groups in total. The Morgan fingerprint density at radius 1 is 1.53 bits per heavy atom. The first-order valence-corrected chi connectivity index (χ1v) is 6.72. The number of rotatable bonds is 4. The van der Waals surface area contributed by atoms with E-state index in [1.54, 1.807) is 18.3 Å². The van der Waals surface area contributed by atoms with Crippen LogP contribution in [0.3, 0.4) is 0 Å². The normalized spacial score (nSPS) is 12.2. The number of nitrogens with zero attached hydrogens (tertiary/aromatic N) is 3. The quantitative estimate of drug-likeness (QED) is 0.930. The fraction of sp³-hybridized carbons (Fsp3) is 0.308. The molecule has 0 aliphatic heterocycles. The predicted molar refractivity (Wildman–Crippen MR) is 74.9 cm³/mol. The van der Waals surface area contributed by atoms with Crippen LogP contribution in [0.2, 0.25) is 0 Å². The van der Waals surface area contributed by atoms with Crippen LogP contribution in [0.1, 0.15) is 33.9 Å². The van der Waals surface area contributed by atoms with Crippen LogP contribution < -0.4 is 4.90 Å². The summed E-state index contributed by atoms with van der Waals surface area (Å²) in [6.07, 6.45) is 1.36. The summed E-state index contributed by atoms with van der Waals surface area (Å²) in [5.74, 6) is -0.471. The lowest BCUT2D eigenvalue weighted by atomic mass is 10.2. The van der Waals surface area contributed by atoms with Crippen molar-refractivity contribution in [3.63, 3.8) is 0 Å². The standard InChI is InChI=1S/C13H15N3O2S/c1-8-10(12(17)18)7-14-13(15-8)16(3)9(2)11-5-4-6-19-11/h4-7,9H,1-3H3,(H,17,18). The first-order chi connectivity index (χ1) is 9.00. The van der Waals surface area contributed by atoms with E-state index in [2.05, 4.69) is 23.0 Å². The molecule has 19 heavy (non-hydrogen) atoms. The zero-order valence-corrected chi connectivity index (χ0v) is 11.8. The van der Waals surface area contributed by atoms with Crippen LogP contribution in [0.25, 0.3) is 0 Å². The molecule has 5 nitrogen and oxygen atoms in total. The maximum atomic E-state index is 10.9. The summed E-state index contributed by atoms with van der Waals surface area (Å²) in [4.78, 5) is 22.5. The van der Waals surface area contributed by atoms with E-state index < -0.39 is 5.97 Å². The number of aryl methyl sites for hydroxylation is 1. The summed E-state index contributed by atoms with van der Waals surface area (Å²) in [7, 11) is 1.90. The number of hydrogen-bond donors (Lipinski definition) is 1. The monoisotopic (exact) mass is 277 g/mol. The average molecular weight is 277 g/mol. The Kier molecular flexibility index (Phi) is 3.80. The van der Waals surface area contributed by atoms with Gasteiger partial charge in [-0.05, 0) is 25.3 Å². The summed E-state index contributed by atoms with van der Waals surface area (Å²) in [5.41, 5.74) is 0.614. The van der Waals surface area contributed by atoms with Crippen molar-refractivity contribution in [2.45, 2.75) is 19.9 Å². The Hall–Kier alpha value is -1.95. The predicted octanol–water partition coefficient (Wildman–Crippen LogP) is 2.74. The second kappa shape index (κ2) is 5.36. The highest BCUT2D eigenvalue weighted by molar-refractivity contribution is 7.10. The van der Waals surface area contributed by atoms with Gasteiger partial charge in [-0.25, -0.2) is 14.8 Å². The minimum atomic E-state index is -1.00. The number of carboxylic acids is 1. The third-order valence-electron chi connectivity index (χ3n) is 3.05. The summed E-state index contributed by atoms with van der Waals surface area (Å²) < 4.78 is 0. The third-order valence-corrected chi connectivity index (χ3v) is 4.09. The molecule has 0 radical (unpaired) electrons. The molecule has 2 heterocycles. The molecule has 1 atom stereocenters. The van der Waals surface area contributed by atoms with Crippen molar-refractivity contribution in [3.8, 4) is 0 Å². The number of aromatic nitrogens is 2. The van der Waals surface area contributed by atoms with Crippen molar-refractivity contribution in [2.24, 2.45) is 0 Å². The van der Waals surface area contributed by atoms with E-state index in [0.29, 0.717) is 11.6 Å². The van der Waals surface area contributed by atoms with Gasteiger partial charge in [0.25, 0.3) is 0 Å². The van der Waals surface area contributed by atoms with E-state index in [1.165, 1.54) is 11.1 Å². The minimum Gasteiger partial charge on any atom is -0.478 e. The van der Waals surface area contributed by atoms with Crippen molar-refractivity contribution in [1.82, 2.24) is 9.97 Å². The van der Waals surface area contributed by atoms with Gasteiger partial charge < -0.3 is 10.0 Å². The molecule has 2 aromatic heterocycles. The summed E-state index contributed by atoms with van der Waals surface area (Å²) >= 11 is 1.67. The van der Waals surface area contributed by atoms with E-state index in [0.717, 1.165) is 0 Å². The average Bonchev–Trinajstić information content (AvgIpc) is 2.90. The maximum absolute atomic E-state index is 10.9. The van der Waals surface area contributed by atoms with Crippen LogP contribution in [0, 0.1) is 6.92 Å². The molecule has 0 saturated carbocycles. The van der Waals surface area contributed by atoms with Crippen LogP contribution in [-0.2, 0) is 0 Å². The fourth-order valence-corrected chi connectivity index (χ4v) is 2.55. The van der Waals surface area contributed by atoms with Gasteiger partial charge in [-0.15, -0.1) is 11.3 Å². The molecule has 0 bridgehead atoms. The van der Waals surface area contributed by atoms with Gasteiger partial charge in [0.15, 0.2) is 0 Å². The van der Waals surface area contributed by atoms with E-state index in [9.17, 15) is 4.79 Å². The molecule has 0 amide bonds. The molecule has 0 spiro atoms. The number of carboxylic acid groups (broad SMARTS) is 1. The van der Waals surface area contributed by atoms with Crippen molar-refractivity contribution in [1.29, 1.82) is 0 Å². The van der Waals surface area contributed by atoms with Crippen LogP contribution >= 0.6 is 11.3 Å². The highest BCUT2D eigenvalue weighted by Crippen LogP contribution is 2.26. The smallest absolute Gasteiger partial charge is 0.339 e. The van der Waals surface area contributed by atoms with Crippen molar-refractivity contribution in [2.75, 3.05) is 11.9 Å². The zero-order valence-electron chi connectivity index (χ0n) is 11.0. The first-order valence-electron chi connectivity index (χ1n) is 5.84. The van der Waals surface area contributed by atoms with E-state index in [1.807, 2.05) is 23.4 Å². The van der Waals surface area contributed by atoms with Crippen molar-refractivity contribution >= 4 is 23.3 Å². The van der Waals surface area contributed by atoms with Gasteiger partial charge in [-0.2, -0.15) is 0 Å². The largest absolute Gasteiger partial charge is 0.478 e. The molecule has 6 heteroatoms. The van der Waals surface area contributed by atoms with Gasteiger partial charge in [0.2, 0.25) is 5.95 Å². The van der Waals surface area contributed by atoms with Crippen LogP contribution in [0.5, 0.6) is 0 Å². The van der Waals surface area contributed by atoms with E-state index in [4.69, 9.17) is 5.11 Å². The summed E-state index contributed by atoms with van der Waals surface area (Å²) in [5, 5.41) is 11.0. The number of hydrogen-bond acceptors (Lipinski definition) is 5. The highest BCUT2D eigenvalue weighted by atomic mass is 32.1. The third kappa shape index (κ3) is 2.73. The molecule has 1 unspecified atom stereocenters. The Morgan fingerprint density at radius 3 is 2.79 bits per heavy atom. The minimum absolute atomic E-state index is 0.140. The van der Waals surface area contributed by atoms with Gasteiger partial charge in [0.05, 0.1) is 17.3 Å². The first kappa shape index (κ1) is 13.5. The van der Waals surface area contributed by atoms with Crippen molar-refractivity contribution < 1.29 is 9.90 Å². The summed E-state index contributed by atoms with van der Waals surface area (Å²) in [6, 6.07) is 4.21. The van der Waals surface area contributed by atoms with Gasteiger partial charge in [0.1, 0.15) is 0 Å². The van der Waals surface area contributed by atoms with Crippen LogP contribution in [-0.4, -0.2) is 28.1 Å². The number of aromatic carboxylic acids is 1. The zero-order chi connectivity index (χ0) is 14.0. The van der Waals surface area contributed by atoms with Crippen LogP contribution in [0.4, 0.5) is 5.95 Å². The number of anilines is 1. The second-order valence-corrected chi connectivity index (χ2v) is 5.26. The lowest BCUT2D eigenvalue weighted by Gasteiger charge is -2.24. The second-order valence-electron chi connectivity index (χ2n) is 4.28. The van der Waals surface area contributed by atoms with E-state index >= 15 is 0 Å². The SMILES string of the molecule is Cc1nc(N(C)C(C)c2cccs2)ncc1C(=O)O. The lowest BCUT2D eigenvalue weighted by molar-refractivity contribution is 0.0695. The fourth-order valence-electron chi connectivity index (χ4n) is 1.73. The molecule has 0 fully saturated rings. The molecule has 0 aliphatic rings. The molecule has 0 saturated heterocycles. The van der Waals surface area contributed by atoms with Gasteiger partial charge in [-0.1, -0.05) is 6.07 Å². The maximum Gasteiger partial charge on any atom is 0.339 e. The Morgan fingerprint density at radius 2 is 2.26 bits per heavy atom.